The molecule has 6 nitrogen and oxygen atoms in total. The number of fused-ring (bicyclic) bond motifs is 1. The van der Waals surface area contributed by atoms with Crippen molar-refractivity contribution in [2.45, 2.75) is 19.9 Å². The van der Waals surface area contributed by atoms with E-state index in [0.29, 0.717) is 17.3 Å². The van der Waals surface area contributed by atoms with Crippen LogP contribution in [-0.4, -0.2) is 26.1 Å². The van der Waals surface area contributed by atoms with Crippen LogP contribution >= 0.6 is 0 Å². The van der Waals surface area contributed by atoms with Crippen molar-refractivity contribution >= 4 is 16.9 Å². The third kappa shape index (κ3) is 2.67. The molecular weight excluding hydrogens is 246 g/mol. The Kier molecular flexibility index (Phi) is 3.70. The average molecular weight is 259 g/mol. The van der Waals surface area contributed by atoms with Crippen molar-refractivity contribution in [3.63, 3.8) is 0 Å². The van der Waals surface area contributed by atoms with Crippen molar-refractivity contribution in [3.8, 4) is 0 Å². The van der Waals surface area contributed by atoms with Gasteiger partial charge in [0.25, 0.3) is 5.56 Å². The van der Waals surface area contributed by atoms with Crippen LogP contribution in [0.4, 0.5) is 0 Å². The summed E-state index contributed by atoms with van der Waals surface area (Å²) in [4.78, 5) is 22.9. The first-order chi connectivity index (χ1) is 9.13. The zero-order chi connectivity index (χ0) is 13.8. The van der Waals surface area contributed by atoms with Crippen LogP contribution < -0.4 is 5.56 Å². The molecule has 0 radical (unpaired) electrons. The average Bonchev–Trinajstić information content (AvgIpc) is 2.41. The Morgan fingerprint density at radius 3 is 2.84 bits per heavy atom. The molecular formula is C13H13N3O3. The second-order valence-corrected chi connectivity index (χ2v) is 3.98. The van der Waals surface area contributed by atoms with Crippen LogP contribution in [0.3, 0.4) is 0 Å². The summed E-state index contributed by atoms with van der Waals surface area (Å²) in [6.45, 7) is 1.85. The monoisotopic (exact) mass is 259 g/mol. The fraction of sp³-hybridized carbons (Fsp3) is 0.231. The predicted octanol–water partition coefficient (Wildman–Crippen LogP) is 1.21. The van der Waals surface area contributed by atoms with E-state index in [1.807, 2.05) is 0 Å². The molecule has 2 aromatic rings. The summed E-state index contributed by atoms with van der Waals surface area (Å²) in [5, 5.41) is 17.1. The van der Waals surface area contributed by atoms with Crippen LogP contribution in [0.25, 0.3) is 10.9 Å². The molecule has 6 heteroatoms. The molecule has 0 amide bonds. The number of aromatic nitrogens is 3. The molecule has 19 heavy (non-hydrogen) atoms. The maximum absolute atomic E-state index is 12.1. The lowest BCUT2D eigenvalue weighted by Gasteiger charge is -2.02. The molecule has 1 aromatic heterocycles. The Bertz CT molecular complexity index is 704. The summed E-state index contributed by atoms with van der Waals surface area (Å²) in [5.41, 5.74) is 0.506. The Labute approximate surface area is 109 Å². The number of carbonyl (C=O) groups is 1. The first-order valence-corrected chi connectivity index (χ1v) is 5.88. The zero-order valence-corrected chi connectivity index (χ0v) is 10.4. The Balaban J connectivity index is 2.39. The zero-order valence-electron chi connectivity index (χ0n) is 10.4. The third-order valence-corrected chi connectivity index (χ3v) is 2.80. The van der Waals surface area contributed by atoms with E-state index in [2.05, 4.69) is 10.3 Å². The van der Waals surface area contributed by atoms with E-state index >= 15 is 0 Å². The fourth-order valence-corrected chi connectivity index (χ4v) is 1.72. The molecule has 1 N–H and O–H groups in total. The van der Waals surface area contributed by atoms with Gasteiger partial charge in [0.15, 0.2) is 0 Å². The van der Waals surface area contributed by atoms with Crippen molar-refractivity contribution < 1.29 is 9.90 Å². The number of nitrogens with zero attached hydrogens (tertiary/aromatic N) is 3. The van der Waals surface area contributed by atoms with E-state index in [1.54, 1.807) is 31.2 Å². The number of hydrogen-bond acceptors (Lipinski definition) is 4. The highest BCUT2D eigenvalue weighted by atomic mass is 16.4. The predicted molar refractivity (Wildman–Crippen MR) is 69.8 cm³/mol. The third-order valence-electron chi connectivity index (χ3n) is 2.80. The van der Waals surface area contributed by atoms with E-state index in [0.717, 1.165) is 4.68 Å². The van der Waals surface area contributed by atoms with Crippen LogP contribution in [0.1, 0.15) is 13.3 Å². The van der Waals surface area contributed by atoms with Gasteiger partial charge >= 0.3 is 5.97 Å². The minimum atomic E-state index is -0.982. The van der Waals surface area contributed by atoms with Gasteiger partial charge in [-0.3, -0.25) is 4.79 Å². The van der Waals surface area contributed by atoms with Crippen LogP contribution in [0.5, 0.6) is 0 Å². The topological polar surface area (TPSA) is 85.1 Å². The van der Waals surface area contributed by atoms with E-state index in [4.69, 9.17) is 5.11 Å². The molecule has 1 aromatic carbocycles. The number of hydrogen-bond donors (Lipinski definition) is 1. The standard InChI is InChI=1S/C13H13N3O3/c1-2-9(13(18)19)7-8-16-12(17)10-5-3-4-6-11(10)14-15-16/h3-7H,2,8H2,1H3,(H,18,19). The van der Waals surface area contributed by atoms with Gasteiger partial charge in [0, 0.05) is 5.57 Å². The molecule has 0 bridgehead atoms. The number of benzene rings is 1. The molecule has 98 valence electrons. The molecule has 0 unspecified atom stereocenters. The van der Waals surface area contributed by atoms with Crippen molar-refractivity contribution in [1.82, 2.24) is 15.0 Å². The number of allylic oxidation sites excluding steroid dienone is 1. The number of carboxylic acids is 1. The van der Waals surface area contributed by atoms with Gasteiger partial charge in [-0.2, -0.15) is 0 Å². The highest BCUT2D eigenvalue weighted by Crippen LogP contribution is 2.04. The van der Waals surface area contributed by atoms with Gasteiger partial charge in [-0.25, -0.2) is 9.48 Å². The molecule has 0 aliphatic rings. The number of carboxylic acid groups (broad SMARTS) is 1. The van der Waals surface area contributed by atoms with Crippen LogP contribution in [0.15, 0.2) is 40.7 Å². The minimum Gasteiger partial charge on any atom is -0.478 e. The molecule has 0 saturated heterocycles. The van der Waals surface area contributed by atoms with Gasteiger partial charge in [0.2, 0.25) is 0 Å². The molecule has 0 atom stereocenters. The number of aliphatic carboxylic acids is 1. The molecule has 0 fully saturated rings. The van der Waals surface area contributed by atoms with E-state index in [1.165, 1.54) is 6.08 Å². The molecule has 0 aliphatic carbocycles. The van der Waals surface area contributed by atoms with Crippen molar-refractivity contribution in [2.75, 3.05) is 0 Å². The lowest BCUT2D eigenvalue weighted by molar-refractivity contribution is -0.132. The Hall–Kier alpha value is -2.50. The van der Waals surface area contributed by atoms with Crippen LogP contribution in [0.2, 0.25) is 0 Å². The quantitative estimate of drug-likeness (QED) is 0.834. The van der Waals surface area contributed by atoms with Crippen LogP contribution in [0, 0.1) is 0 Å². The first kappa shape index (κ1) is 12.9. The molecule has 0 spiro atoms. The maximum Gasteiger partial charge on any atom is 0.331 e. The van der Waals surface area contributed by atoms with Gasteiger partial charge in [-0.15, -0.1) is 5.10 Å². The lowest BCUT2D eigenvalue weighted by atomic mass is 10.2. The van der Waals surface area contributed by atoms with Crippen LogP contribution in [-0.2, 0) is 11.3 Å². The van der Waals surface area contributed by atoms with E-state index in [-0.39, 0.29) is 17.7 Å². The summed E-state index contributed by atoms with van der Waals surface area (Å²) in [5.74, 6) is -0.982. The summed E-state index contributed by atoms with van der Waals surface area (Å²) >= 11 is 0. The largest absolute Gasteiger partial charge is 0.478 e. The molecule has 0 saturated carbocycles. The van der Waals surface area contributed by atoms with E-state index in [9.17, 15) is 9.59 Å². The summed E-state index contributed by atoms with van der Waals surface area (Å²) in [6.07, 6.45) is 1.87. The highest BCUT2D eigenvalue weighted by molar-refractivity contribution is 5.86. The molecule has 0 aliphatic heterocycles. The van der Waals surface area contributed by atoms with Gasteiger partial charge < -0.3 is 5.11 Å². The Morgan fingerprint density at radius 1 is 1.42 bits per heavy atom. The summed E-state index contributed by atoms with van der Waals surface area (Å²) < 4.78 is 1.15. The minimum absolute atomic E-state index is 0.103. The van der Waals surface area contributed by atoms with E-state index < -0.39 is 5.97 Å². The van der Waals surface area contributed by atoms with Gasteiger partial charge in [0.1, 0.15) is 5.52 Å². The Morgan fingerprint density at radius 2 is 2.16 bits per heavy atom. The number of rotatable bonds is 4. The van der Waals surface area contributed by atoms with Crippen molar-refractivity contribution in [3.05, 3.63) is 46.3 Å². The van der Waals surface area contributed by atoms with Gasteiger partial charge in [-0.1, -0.05) is 30.3 Å². The second kappa shape index (κ2) is 5.43. The molecule has 1 heterocycles. The lowest BCUT2D eigenvalue weighted by Crippen LogP contribution is -2.24. The van der Waals surface area contributed by atoms with Gasteiger partial charge in [-0.05, 0) is 18.6 Å². The maximum atomic E-state index is 12.1. The van der Waals surface area contributed by atoms with Crippen molar-refractivity contribution in [1.29, 1.82) is 0 Å². The smallest absolute Gasteiger partial charge is 0.331 e. The van der Waals surface area contributed by atoms with Crippen molar-refractivity contribution in [2.24, 2.45) is 0 Å². The SMILES string of the molecule is CCC(=CCn1nnc2ccccc2c1=O)C(=O)O. The van der Waals surface area contributed by atoms with Gasteiger partial charge in [0.05, 0.1) is 11.9 Å². The highest BCUT2D eigenvalue weighted by Gasteiger charge is 2.06. The normalized spacial score (nSPS) is 11.7. The second-order valence-electron chi connectivity index (χ2n) is 3.98. The summed E-state index contributed by atoms with van der Waals surface area (Å²) in [6, 6.07) is 6.91. The summed E-state index contributed by atoms with van der Waals surface area (Å²) in [7, 11) is 0. The molecule has 2 rings (SSSR count). The fourth-order valence-electron chi connectivity index (χ4n) is 1.72. The first-order valence-electron chi connectivity index (χ1n) is 5.88.